The number of carbonyl (C=O) groups is 4. The third-order valence-electron chi connectivity index (χ3n) is 12.3. The van der Waals surface area contributed by atoms with Crippen molar-refractivity contribution in [3.8, 4) is 22.9 Å². The van der Waals surface area contributed by atoms with Crippen LogP contribution in [0.4, 0.5) is 5.13 Å². The average molecular weight is 809 g/mol. The van der Waals surface area contributed by atoms with Gasteiger partial charge >= 0.3 is 11.9 Å². The number of methoxy groups -OCH3 is 1. The van der Waals surface area contributed by atoms with Gasteiger partial charge in [-0.3, -0.25) is 19.2 Å². The van der Waals surface area contributed by atoms with Gasteiger partial charge in [0.15, 0.2) is 10.9 Å². The van der Waals surface area contributed by atoms with E-state index < -0.39 is 40.8 Å². The molecule has 1 saturated heterocycles. The molecule has 2 aromatic heterocycles. The van der Waals surface area contributed by atoms with Gasteiger partial charge in [-0.05, 0) is 74.8 Å². The number of anilines is 1. The van der Waals surface area contributed by atoms with E-state index in [1.54, 1.807) is 12.1 Å². The Morgan fingerprint density at radius 3 is 2.41 bits per heavy atom. The third kappa shape index (κ3) is 8.08. The largest absolute Gasteiger partial charge is 0.495 e. The molecular formula is C42H53ClN4O8S. The van der Waals surface area contributed by atoms with Gasteiger partial charge in [0.25, 0.3) is 0 Å². The number of esters is 1. The number of thiazole rings is 1. The number of aromatic nitrogens is 2. The second-order valence-corrected chi connectivity index (χ2v) is 18.9. The summed E-state index contributed by atoms with van der Waals surface area (Å²) >= 11 is 8.29. The number of hydrogen-bond donors (Lipinski definition) is 2. The number of aliphatic carboxylic acids is 1. The Bertz CT molecular complexity index is 2020. The minimum Gasteiger partial charge on any atom is -0.495 e. The fourth-order valence-corrected chi connectivity index (χ4v) is 10.1. The molecule has 14 heteroatoms. The number of likely N-dealkylation sites (tertiary alicyclic amines) is 1. The van der Waals surface area contributed by atoms with Crippen molar-refractivity contribution in [2.45, 2.75) is 117 Å². The van der Waals surface area contributed by atoms with Crippen molar-refractivity contribution < 1.29 is 38.5 Å². The van der Waals surface area contributed by atoms with Gasteiger partial charge in [-0.25, -0.2) is 9.97 Å². The Labute approximate surface area is 337 Å². The highest BCUT2D eigenvalue weighted by Crippen LogP contribution is 2.58. The number of hydrogen-bond acceptors (Lipinski definition) is 11. The van der Waals surface area contributed by atoms with Crippen LogP contribution in [0.1, 0.15) is 92.9 Å². The highest BCUT2D eigenvalue weighted by atomic mass is 35.5. The number of carbonyl (C=O) groups excluding carboxylic acids is 3. The third-order valence-corrected chi connectivity index (χ3v) is 13.4. The molecule has 12 nitrogen and oxygen atoms in total. The van der Waals surface area contributed by atoms with Crippen molar-refractivity contribution in [2.24, 2.45) is 34.5 Å². The molecule has 3 heterocycles. The number of pyridine rings is 1. The van der Waals surface area contributed by atoms with E-state index in [9.17, 15) is 24.3 Å². The van der Waals surface area contributed by atoms with Gasteiger partial charge in [-0.2, -0.15) is 0 Å². The molecule has 1 aliphatic heterocycles. The van der Waals surface area contributed by atoms with Gasteiger partial charge in [0.05, 0.1) is 48.7 Å². The number of carboxylic acids is 1. The van der Waals surface area contributed by atoms with Crippen molar-refractivity contribution in [1.29, 1.82) is 0 Å². The summed E-state index contributed by atoms with van der Waals surface area (Å²) in [6, 6.07) is 4.57. The lowest BCUT2D eigenvalue weighted by atomic mass is 9.77. The molecule has 0 radical (unpaired) electrons. The molecule has 0 bridgehead atoms. The van der Waals surface area contributed by atoms with Crippen molar-refractivity contribution in [3.05, 3.63) is 28.6 Å². The number of ketones is 1. The maximum absolute atomic E-state index is 14.8. The van der Waals surface area contributed by atoms with Crippen LogP contribution in [0.15, 0.2) is 23.6 Å². The summed E-state index contributed by atoms with van der Waals surface area (Å²) in [5.41, 5.74) is -0.212. The summed E-state index contributed by atoms with van der Waals surface area (Å²) in [6.45, 7) is 11.8. The van der Waals surface area contributed by atoms with Gasteiger partial charge in [-0.15, -0.1) is 11.3 Å². The normalized spacial score (nSPS) is 27.2. The molecule has 1 aromatic carbocycles. The Balaban J connectivity index is 1.20. The predicted octanol–water partition coefficient (Wildman–Crippen LogP) is 8.04. The smallest absolute Gasteiger partial charge is 0.310 e. The SMILES string of the molecule is CC[C@@H]1C[C@]1(CC(=O)[C@@H]1C[C@@H](Oc2cc(-c3csc(NC(C)C)n3)nc3c(Cl)c(OC)ccc23)CN1C(=O)[C@@H](CC(=O)OC1C[C@@H]2C[C@@H]2C1)C(C)(C)C)C(=O)O. The van der Waals surface area contributed by atoms with Crippen LogP contribution in [0.25, 0.3) is 22.3 Å². The molecule has 0 spiro atoms. The second kappa shape index (κ2) is 15.4. The molecule has 4 fully saturated rings. The molecule has 1 unspecified atom stereocenters. The zero-order chi connectivity index (χ0) is 40.3. The van der Waals surface area contributed by atoms with E-state index in [2.05, 4.69) is 5.32 Å². The maximum atomic E-state index is 14.8. The molecular weight excluding hydrogens is 756 g/mol. The van der Waals surface area contributed by atoms with Crippen LogP contribution in [-0.2, 0) is 23.9 Å². The quantitative estimate of drug-likeness (QED) is 0.143. The summed E-state index contributed by atoms with van der Waals surface area (Å²) in [6.07, 6.45) is 3.10. The zero-order valence-electron chi connectivity index (χ0n) is 33.2. The molecule has 56 heavy (non-hydrogen) atoms. The van der Waals surface area contributed by atoms with Crippen LogP contribution in [0.3, 0.4) is 0 Å². The predicted molar refractivity (Wildman–Crippen MR) is 214 cm³/mol. The number of rotatable bonds is 15. The first-order valence-corrected chi connectivity index (χ1v) is 21.1. The molecule has 4 aliphatic rings. The van der Waals surface area contributed by atoms with E-state index in [1.807, 2.05) is 53.0 Å². The lowest BCUT2D eigenvalue weighted by Gasteiger charge is -2.35. The van der Waals surface area contributed by atoms with Gasteiger partial charge in [0.1, 0.15) is 34.4 Å². The first-order valence-electron chi connectivity index (χ1n) is 19.8. The maximum Gasteiger partial charge on any atom is 0.310 e. The standard InChI is InChI=1S/C42H53ClN4O8S/c1-8-24-17-42(24,39(51)52)18-32(48)31-14-26(19-47(31)38(50)28(41(4,5)6)15-35(49)55-25-12-22-11-23(22)13-25)54-34-16-29(30-20-56-40(46-30)44-21(2)3)45-37-27(34)9-10-33(53-7)36(37)43/h9-10,16,20-26,28,31H,8,11-15,17-19H2,1-7H3,(H,44,46)(H,51,52)/t22-,23+,24-,25?,26-,28-,31+,42-/m1/s1. The van der Waals surface area contributed by atoms with Crippen LogP contribution in [0.5, 0.6) is 11.5 Å². The van der Waals surface area contributed by atoms with Crippen LogP contribution in [0, 0.1) is 34.5 Å². The monoisotopic (exact) mass is 808 g/mol. The minimum atomic E-state index is -1.14. The van der Waals surface area contributed by atoms with Crippen molar-refractivity contribution >= 4 is 62.6 Å². The number of benzene rings is 1. The Hall–Kier alpha value is -3.97. The van der Waals surface area contributed by atoms with E-state index in [0.29, 0.717) is 63.5 Å². The average Bonchev–Trinajstić information content (AvgIpc) is 3.80. The van der Waals surface area contributed by atoms with E-state index >= 15 is 0 Å². The highest BCUT2D eigenvalue weighted by molar-refractivity contribution is 7.14. The number of halogens is 1. The number of Topliss-reactive ketones (excluding diaryl/α,β-unsaturated/α-hetero) is 1. The van der Waals surface area contributed by atoms with Crippen molar-refractivity contribution in [1.82, 2.24) is 14.9 Å². The second-order valence-electron chi connectivity index (χ2n) is 17.7. The fourth-order valence-electron chi connectivity index (χ4n) is 8.93. The molecule has 1 amide bonds. The van der Waals surface area contributed by atoms with Crippen LogP contribution in [-0.4, -0.2) is 81.5 Å². The van der Waals surface area contributed by atoms with E-state index in [1.165, 1.54) is 29.8 Å². The summed E-state index contributed by atoms with van der Waals surface area (Å²) < 4.78 is 18.2. The van der Waals surface area contributed by atoms with Gasteiger partial charge in [0.2, 0.25) is 5.91 Å². The number of nitrogens with zero attached hydrogens (tertiary/aromatic N) is 3. The topological polar surface area (TPSA) is 157 Å². The Morgan fingerprint density at radius 1 is 1.05 bits per heavy atom. The number of ether oxygens (including phenoxy) is 3. The highest BCUT2D eigenvalue weighted by Gasteiger charge is 2.61. The lowest BCUT2D eigenvalue weighted by molar-refractivity contribution is -0.157. The van der Waals surface area contributed by atoms with Gasteiger partial charge in [-0.1, -0.05) is 45.7 Å². The number of carboxylic acid groups (broad SMARTS) is 1. The molecule has 3 aromatic rings. The molecule has 2 N–H and O–H groups in total. The molecule has 3 saturated carbocycles. The summed E-state index contributed by atoms with van der Waals surface area (Å²) in [5, 5.41) is 17.1. The zero-order valence-corrected chi connectivity index (χ0v) is 34.8. The van der Waals surface area contributed by atoms with Crippen LogP contribution in [0.2, 0.25) is 5.02 Å². The molecule has 3 aliphatic carbocycles. The number of amides is 1. The van der Waals surface area contributed by atoms with Crippen LogP contribution >= 0.6 is 22.9 Å². The molecule has 7 rings (SSSR count). The van der Waals surface area contributed by atoms with Gasteiger partial charge in [0, 0.05) is 35.7 Å². The fraction of sp³-hybridized carbons (Fsp3) is 0.619. The van der Waals surface area contributed by atoms with E-state index in [4.69, 9.17) is 35.8 Å². The van der Waals surface area contributed by atoms with E-state index in [-0.39, 0.29) is 55.6 Å². The van der Waals surface area contributed by atoms with Gasteiger partial charge < -0.3 is 29.5 Å². The first-order chi connectivity index (χ1) is 26.5. The Kier molecular flexibility index (Phi) is 11.1. The lowest BCUT2D eigenvalue weighted by Crippen LogP contribution is -2.48. The van der Waals surface area contributed by atoms with E-state index in [0.717, 1.165) is 18.0 Å². The molecule has 302 valence electrons. The summed E-state index contributed by atoms with van der Waals surface area (Å²) in [7, 11) is 1.53. The van der Waals surface area contributed by atoms with Crippen molar-refractivity contribution in [2.75, 3.05) is 19.0 Å². The van der Waals surface area contributed by atoms with Crippen LogP contribution < -0.4 is 14.8 Å². The number of fused-ring (bicyclic) bond motifs is 2. The summed E-state index contributed by atoms with van der Waals surface area (Å²) in [4.78, 5) is 66.1. The van der Waals surface area contributed by atoms with Crippen molar-refractivity contribution in [3.63, 3.8) is 0 Å². The minimum absolute atomic E-state index is 0.0579. The molecule has 8 atom stereocenters. The number of nitrogens with one attached hydrogen (secondary N) is 1. The summed E-state index contributed by atoms with van der Waals surface area (Å²) in [5.74, 6) is -0.794. The Morgan fingerprint density at radius 2 is 1.79 bits per heavy atom. The first kappa shape index (κ1) is 40.2.